The van der Waals surface area contributed by atoms with Crippen LogP contribution in [0.25, 0.3) is 22.2 Å². The fourth-order valence-corrected chi connectivity index (χ4v) is 6.12. The van der Waals surface area contributed by atoms with Crippen molar-refractivity contribution in [3.63, 3.8) is 0 Å². The van der Waals surface area contributed by atoms with Gasteiger partial charge < -0.3 is 23.7 Å². The van der Waals surface area contributed by atoms with Gasteiger partial charge in [-0.1, -0.05) is 42.8 Å². The second kappa shape index (κ2) is 11.8. The van der Waals surface area contributed by atoms with Gasteiger partial charge >= 0.3 is 5.97 Å². The van der Waals surface area contributed by atoms with Gasteiger partial charge in [0.2, 0.25) is 0 Å². The quantitative estimate of drug-likeness (QED) is 0.171. The van der Waals surface area contributed by atoms with Gasteiger partial charge in [-0.2, -0.15) is 0 Å². The summed E-state index contributed by atoms with van der Waals surface area (Å²) in [6.45, 7) is 4.68. The molecule has 0 spiro atoms. The highest BCUT2D eigenvalue weighted by atomic mass is 35.5. The van der Waals surface area contributed by atoms with Crippen molar-refractivity contribution in [2.75, 3.05) is 0 Å². The van der Waals surface area contributed by atoms with Crippen molar-refractivity contribution in [3.8, 4) is 22.6 Å². The van der Waals surface area contributed by atoms with Crippen LogP contribution in [0.1, 0.15) is 53.4 Å². The first-order chi connectivity index (χ1) is 22.6. The molecular formula is C35H28ClF2N5O4. The molecule has 1 unspecified atom stereocenters. The van der Waals surface area contributed by atoms with Gasteiger partial charge in [-0.3, -0.25) is 0 Å². The Morgan fingerprint density at radius 1 is 0.979 bits per heavy atom. The van der Waals surface area contributed by atoms with Crippen LogP contribution in [-0.4, -0.2) is 35.4 Å². The molecule has 3 heterocycles. The predicted molar refractivity (Wildman–Crippen MR) is 171 cm³/mol. The molecular weight excluding hydrogens is 628 g/mol. The number of imidazole rings is 1. The molecule has 0 amide bonds. The molecule has 238 valence electrons. The average Bonchev–Trinajstić information content (AvgIpc) is 3.72. The molecule has 2 aromatic heterocycles. The Labute approximate surface area is 273 Å². The predicted octanol–water partition coefficient (Wildman–Crippen LogP) is 7.62. The topological polar surface area (TPSA) is 104 Å². The summed E-state index contributed by atoms with van der Waals surface area (Å²) in [5.41, 5.74) is 2.91. The molecule has 0 aliphatic carbocycles. The molecule has 0 saturated carbocycles. The maximum absolute atomic E-state index is 15.9. The van der Waals surface area contributed by atoms with E-state index in [1.807, 2.05) is 9.13 Å². The summed E-state index contributed by atoms with van der Waals surface area (Å²) in [7, 11) is 0. The number of hydrogen-bond donors (Lipinski definition) is 1. The van der Waals surface area contributed by atoms with Gasteiger partial charge in [0.1, 0.15) is 23.8 Å². The number of rotatable bonds is 9. The number of aromatic carboxylic acids is 1. The van der Waals surface area contributed by atoms with E-state index in [2.05, 4.69) is 17.1 Å². The first kappa shape index (κ1) is 30.4. The molecule has 6 aromatic rings. The van der Waals surface area contributed by atoms with E-state index in [0.29, 0.717) is 51.9 Å². The molecule has 1 N–H and O–H groups in total. The third-order valence-corrected chi connectivity index (χ3v) is 8.46. The van der Waals surface area contributed by atoms with Gasteiger partial charge in [0.05, 0.1) is 28.7 Å². The minimum absolute atomic E-state index is 0.132. The van der Waals surface area contributed by atoms with E-state index in [0.717, 1.165) is 13.0 Å². The number of aryl methyl sites for hydroxylation is 1. The number of benzene rings is 4. The van der Waals surface area contributed by atoms with E-state index in [1.165, 1.54) is 24.3 Å². The van der Waals surface area contributed by atoms with Crippen molar-refractivity contribution in [1.82, 2.24) is 24.3 Å². The van der Waals surface area contributed by atoms with Crippen LogP contribution in [0.5, 0.6) is 11.5 Å². The van der Waals surface area contributed by atoms with Crippen molar-refractivity contribution in [2.24, 2.45) is 0 Å². The minimum atomic E-state index is -1.48. The molecule has 0 radical (unpaired) electrons. The minimum Gasteiger partial charge on any atom is -0.478 e. The van der Waals surface area contributed by atoms with Gasteiger partial charge in [0, 0.05) is 36.0 Å². The first-order valence-electron chi connectivity index (χ1n) is 15.0. The number of carboxylic acids is 1. The van der Waals surface area contributed by atoms with Gasteiger partial charge in [-0.25, -0.2) is 18.6 Å². The molecule has 7 rings (SSSR count). The number of fused-ring (bicyclic) bond motifs is 2. The van der Waals surface area contributed by atoms with E-state index in [1.54, 1.807) is 61.8 Å². The van der Waals surface area contributed by atoms with E-state index in [9.17, 15) is 14.3 Å². The Kier molecular flexibility index (Phi) is 7.63. The van der Waals surface area contributed by atoms with Gasteiger partial charge in [-0.15, -0.1) is 10.2 Å². The lowest BCUT2D eigenvalue weighted by Crippen LogP contribution is -2.32. The molecule has 4 aromatic carbocycles. The largest absolute Gasteiger partial charge is 0.478 e. The zero-order valence-electron chi connectivity index (χ0n) is 25.4. The Hall–Kier alpha value is -5.29. The number of halogens is 3. The number of aromatic nitrogens is 5. The van der Waals surface area contributed by atoms with Crippen molar-refractivity contribution < 1.29 is 28.2 Å². The number of carboxylic acid groups (broad SMARTS) is 1. The zero-order chi connectivity index (χ0) is 32.9. The summed E-state index contributed by atoms with van der Waals surface area (Å²) >= 11 is 5.94. The molecule has 1 aliphatic rings. The number of hydrogen-bond acceptors (Lipinski definition) is 6. The zero-order valence-corrected chi connectivity index (χ0v) is 26.1. The fourth-order valence-electron chi connectivity index (χ4n) is 5.96. The van der Waals surface area contributed by atoms with Crippen molar-refractivity contribution in [3.05, 3.63) is 124 Å². The summed E-state index contributed by atoms with van der Waals surface area (Å²) in [4.78, 5) is 16.6. The lowest BCUT2D eigenvalue weighted by molar-refractivity contribution is -0.0705. The highest BCUT2D eigenvalue weighted by Crippen LogP contribution is 2.50. The molecule has 47 heavy (non-hydrogen) atoms. The molecule has 12 heteroatoms. The second-order valence-corrected chi connectivity index (χ2v) is 11.9. The summed E-state index contributed by atoms with van der Waals surface area (Å²) in [5.74, 6) is -1.65. The van der Waals surface area contributed by atoms with Crippen LogP contribution in [0.4, 0.5) is 8.78 Å². The third kappa shape index (κ3) is 5.56. The normalized spacial score (nSPS) is 15.4. The maximum atomic E-state index is 15.9. The van der Waals surface area contributed by atoms with Crippen LogP contribution in [0.2, 0.25) is 5.02 Å². The number of nitrogens with zero attached hydrogens (tertiary/aromatic N) is 5. The van der Waals surface area contributed by atoms with E-state index in [4.69, 9.17) is 26.1 Å². The Balaban J connectivity index is 1.22. The standard InChI is InChI=1S/C35H28ClF2N5O4/c1-3-13-42-19-39-41-32(42)18-43-29-16-21(34(44)45)8-12-28(29)40-31(43)15-20-7-10-23(26(37)14-20)24-5-4-6-30-33(24)47-35(2,46-30)25-11-9-22(36)17-27(25)38/h4-12,14,16-17,19H,3,13,15,18H2,1-2H3,(H,44,45). The second-order valence-electron chi connectivity index (χ2n) is 11.5. The number of carbonyl (C=O) groups is 1. The summed E-state index contributed by atoms with van der Waals surface area (Å²) in [6, 6.07) is 19.0. The van der Waals surface area contributed by atoms with Crippen LogP contribution >= 0.6 is 11.6 Å². The first-order valence-corrected chi connectivity index (χ1v) is 15.4. The molecule has 1 atom stereocenters. The Morgan fingerprint density at radius 3 is 2.60 bits per heavy atom. The highest BCUT2D eigenvalue weighted by molar-refractivity contribution is 6.30. The maximum Gasteiger partial charge on any atom is 0.335 e. The number of para-hydroxylation sites is 1. The highest BCUT2D eigenvalue weighted by Gasteiger charge is 2.42. The molecule has 0 fully saturated rings. The van der Waals surface area contributed by atoms with Crippen LogP contribution in [0.3, 0.4) is 0 Å². The van der Waals surface area contributed by atoms with Crippen LogP contribution in [0, 0.1) is 11.6 Å². The molecule has 9 nitrogen and oxygen atoms in total. The molecule has 1 aliphatic heterocycles. The van der Waals surface area contributed by atoms with Crippen LogP contribution in [-0.2, 0) is 25.3 Å². The summed E-state index contributed by atoms with van der Waals surface area (Å²) in [6.07, 6.45) is 2.81. The lowest BCUT2D eigenvalue weighted by atomic mass is 10.0. The monoisotopic (exact) mass is 655 g/mol. The van der Waals surface area contributed by atoms with Gasteiger partial charge in [0.25, 0.3) is 5.79 Å². The Bertz CT molecular complexity index is 2180. The fraction of sp³-hybridized carbons (Fsp3) is 0.200. The van der Waals surface area contributed by atoms with E-state index in [-0.39, 0.29) is 28.1 Å². The van der Waals surface area contributed by atoms with Crippen LogP contribution in [0.15, 0.2) is 79.1 Å². The third-order valence-electron chi connectivity index (χ3n) is 8.22. The number of ether oxygens (including phenoxy) is 2. The smallest absolute Gasteiger partial charge is 0.335 e. The van der Waals surface area contributed by atoms with Gasteiger partial charge in [-0.05, 0) is 60.5 Å². The van der Waals surface area contributed by atoms with Crippen LogP contribution < -0.4 is 9.47 Å². The summed E-state index contributed by atoms with van der Waals surface area (Å²) in [5, 5.41) is 18.2. The summed E-state index contributed by atoms with van der Waals surface area (Å²) < 4.78 is 46.9. The van der Waals surface area contributed by atoms with Crippen molar-refractivity contribution >= 4 is 28.6 Å². The van der Waals surface area contributed by atoms with E-state index < -0.39 is 23.4 Å². The van der Waals surface area contributed by atoms with E-state index >= 15 is 4.39 Å². The Morgan fingerprint density at radius 2 is 1.83 bits per heavy atom. The molecule has 0 bridgehead atoms. The van der Waals surface area contributed by atoms with Crippen molar-refractivity contribution in [2.45, 2.75) is 45.6 Å². The van der Waals surface area contributed by atoms with Gasteiger partial charge in [0.15, 0.2) is 17.3 Å². The van der Waals surface area contributed by atoms with Crippen molar-refractivity contribution in [1.29, 1.82) is 0 Å². The SMILES string of the molecule is CCCn1cnnc1Cn1c(Cc2ccc(-c3cccc4c3OC(C)(c3ccc(Cl)cc3F)O4)c(F)c2)nc2ccc(C(=O)O)cc21. The lowest BCUT2D eigenvalue weighted by Gasteiger charge is -2.24. The average molecular weight is 656 g/mol. The molecule has 0 saturated heterocycles.